The highest BCUT2D eigenvalue weighted by molar-refractivity contribution is 6.28. The number of hydrogen-bond acceptors (Lipinski definition) is 3. The number of para-hydroxylation sites is 2. The van der Waals surface area contributed by atoms with Gasteiger partial charge in [0.05, 0.1) is 22.6 Å². The molecule has 0 saturated heterocycles. The van der Waals surface area contributed by atoms with Crippen LogP contribution in [0, 0.1) is 0 Å². The van der Waals surface area contributed by atoms with Crippen LogP contribution in [0.1, 0.15) is 11.6 Å². The van der Waals surface area contributed by atoms with Gasteiger partial charge in [0.15, 0.2) is 5.58 Å². The zero-order chi connectivity index (χ0) is 35.1. The van der Waals surface area contributed by atoms with Crippen molar-refractivity contribution in [3.8, 4) is 17.2 Å². The molecular formula is C49H28N4O. The van der Waals surface area contributed by atoms with Gasteiger partial charge in [0, 0.05) is 49.0 Å². The molecule has 1 atom stereocenters. The Labute approximate surface area is 308 Å². The smallest absolute Gasteiger partial charge is 0.236 e. The number of aromatic nitrogens is 4. The Morgan fingerprint density at radius 2 is 1.35 bits per heavy atom. The molecule has 7 aromatic carbocycles. The first-order valence-corrected chi connectivity index (χ1v) is 18.5. The molecule has 5 heteroatoms. The van der Waals surface area contributed by atoms with Crippen LogP contribution in [0.25, 0.3) is 110 Å². The molecule has 0 amide bonds. The van der Waals surface area contributed by atoms with E-state index < -0.39 is 0 Å². The third-order valence-electron chi connectivity index (χ3n) is 11.7. The van der Waals surface area contributed by atoms with E-state index in [1.54, 1.807) is 0 Å². The van der Waals surface area contributed by atoms with Crippen molar-refractivity contribution in [3.63, 3.8) is 0 Å². The van der Waals surface area contributed by atoms with Crippen LogP contribution < -0.4 is 0 Å². The lowest BCUT2D eigenvalue weighted by Crippen LogP contribution is -2.09. The van der Waals surface area contributed by atoms with E-state index in [-0.39, 0.29) is 6.04 Å². The number of allylic oxidation sites excluding steroid dienone is 6. The second kappa shape index (κ2) is 10.2. The van der Waals surface area contributed by atoms with E-state index in [2.05, 4.69) is 161 Å². The van der Waals surface area contributed by atoms with Crippen molar-refractivity contribution in [1.29, 1.82) is 0 Å². The fourth-order valence-electron chi connectivity index (χ4n) is 9.38. The van der Waals surface area contributed by atoms with Gasteiger partial charge in [-0.05, 0) is 58.1 Å². The third-order valence-corrected chi connectivity index (χ3v) is 11.7. The minimum atomic E-state index is 0.126. The monoisotopic (exact) mass is 688 g/mol. The molecular weight excluding hydrogens is 661 g/mol. The molecule has 11 aromatic rings. The van der Waals surface area contributed by atoms with E-state index in [9.17, 15) is 0 Å². The molecule has 1 aliphatic heterocycles. The Hall–Kier alpha value is -7.24. The van der Waals surface area contributed by atoms with E-state index in [4.69, 9.17) is 14.4 Å². The molecule has 0 spiro atoms. The summed E-state index contributed by atoms with van der Waals surface area (Å²) in [6.45, 7) is 0. The zero-order valence-corrected chi connectivity index (χ0v) is 28.9. The lowest BCUT2D eigenvalue weighted by atomic mass is 9.92. The van der Waals surface area contributed by atoms with Crippen molar-refractivity contribution < 1.29 is 4.42 Å². The summed E-state index contributed by atoms with van der Waals surface area (Å²) in [5.74, 6) is 0.615. The standard InChI is InChI=1S/C49H28N4O/c1-2-13-30-25-32(22-21-28(30)11-1)44-48-45(36-18-8-10-20-41(36)54-48)51-49(50-44)53-40-27-38-35-17-7-9-19-39(35)52-33-15-5-3-14-31(26-33)42(47(38)52)43(40)37-24-23-29-12-4-6-16-34(29)46(37)53/h1-27,33H. The van der Waals surface area contributed by atoms with E-state index >= 15 is 0 Å². The first kappa shape index (κ1) is 28.4. The second-order valence-electron chi connectivity index (χ2n) is 14.5. The van der Waals surface area contributed by atoms with Crippen LogP contribution in [-0.4, -0.2) is 19.1 Å². The Balaban J connectivity index is 1.25. The van der Waals surface area contributed by atoms with Gasteiger partial charge in [0.25, 0.3) is 0 Å². The van der Waals surface area contributed by atoms with Gasteiger partial charge >= 0.3 is 0 Å². The average molecular weight is 689 g/mol. The van der Waals surface area contributed by atoms with Gasteiger partial charge in [-0.2, -0.15) is 0 Å². The average Bonchev–Trinajstić information content (AvgIpc) is 3.82. The van der Waals surface area contributed by atoms with Crippen LogP contribution in [0.2, 0.25) is 0 Å². The molecule has 13 rings (SSSR count). The molecule has 250 valence electrons. The summed E-state index contributed by atoms with van der Waals surface area (Å²) in [5, 5.41) is 10.5. The van der Waals surface area contributed by atoms with Crippen LogP contribution in [0.3, 0.4) is 0 Å². The summed E-state index contributed by atoms with van der Waals surface area (Å²) >= 11 is 0. The largest absolute Gasteiger partial charge is 0.452 e. The molecule has 4 aromatic heterocycles. The van der Waals surface area contributed by atoms with Gasteiger partial charge in [-0.15, -0.1) is 0 Å². The number of rotatable bonds is 2. The zero-order valence-electron chi connectivity index (χ0n) is 28.9. The molecule has 54 heavy (non-hydrogen) atoms. The number of nitrogens with zero attached hydrogens (tertiary/aromatic N) is 4. The highest BCUT2D eigenvalue weighted by Gasteiger charge is 2.30. The molecule has 1 aliphatic carbocycles. The molecule has 1 unspecified atom stereocenters. The number of hydrogen-bond donors (Lipinski definition) is 0. The molecule has 2 aliphatic rings. The van der Waals surface area contributed by atoms with Gasteiger partial charge in [-0.1, -0.05) is 127 Å². The molecule has 0 fully saturated rings. The van der Waals surface area contributed by atoms with Crippen molar-refractivity contribution >= 4 is 92.8 Å². The van der Waals surface area contributed by atoms with Crippen molar-refractivity contribution in [1.82, 2.24) is 19.1 Å². The normalized spacial score (nSPS) is 15.2. The quantitative estimate of drug-likeness (QED) is 0.182. The molecule has 0 saturated carbocycles. The van der Waals surface area contributed by atoms with Gasteiger partial charge in [0.1, 0.15) is 16.8 Å². The van der Waals surface area contributed by atoms with E-state index in [1.165, 1.54) is 54.5 Å². The Morgan fingerprint density at radius 1 is 0.574 bits per heavy atom. The van der Waals surface area contributed by atoms with Crippen molar-refractivity contribution in [3.05, 3.63) is 169 Å². The van der Waals surface area contributed by atoms with Crippen molar-refractivity contribution in [2.45, 2.75) is 6.04 Å². The minimum absolute atomic E-state index is 0.126. The third kappa shape index (κ3) is 3.63. The number of fused-ring (bicyclic) bond motifs is 16. The SMILES string of the molecule is C1=CC2=CC(C=C1)n1c3ccccc3c3cc4c(c2c31)c1ccc2ccccc2c1n4-c1nc(-c2ccc3ccccc3c2)c2oc3ccccc3c2n1. The number of furan rings is 1. The summed E-state index contributed by atoms with van der Waals surface area (Å²) in [5.41, 5.74) is 11.2. The Morgan fingerprint density at radius 3 is 2.28 bits per heavy atom. The predicted molar refractivity (Wildman–Crippen MR) is 222 cm³/mol. The van der Waals surface area contributed by atoms with E-state index in [0.717, 1.165) is 49.5 Å². The fourth-order valence-corrected chi connectivity index (χ4v) is 9.38. The summed E-state index contributed by atoms with van der Waals surface area (Å²) in [7, 11) is 0. The van der Waals surface area contributed by atoms with Gasteiger partial charge in [0.2, 0.25) is 5.95 Å². The van der Waals surface area contributed by atoms with Crippen molar-refractivity contribution in [2.75, 3.05) is 0 Å². The molecule has 0 N–H and O–H groups in total. The first-order chi connectivity index (χ1) is 26.8. The van der Waals surface area contributed by atoms with Crippen LogP contribution in [0.4, 0.5) is 0 Å². The predicted octanol–water partition coefficient (Wildman–Crippen LogP) is 12.6. The minimum Gasteiger partial charge on any atom is -0.452 e. The van der Waals surface area contributed by atoms with E-state index in [1.807, 2.05) is 12.1 Å². The highest BCUT2D eigenvalue weighted by Crippen LogP contribution is 2.49. The van der Waals surface area contributed by atoms with Crippen LogP contribution in [0.15, 0.2) is 168 Å². The summed E-state index contributed by atoms with van der Waals surface area (Å²) in [6.07, 6.45) is 11.3. The maximum atomic E-state index is 6.62. The van der Waals surface area contributed by atoms with Gasteiger partial charge in [-0.3, -0.25) is 4.57 Å². The summed E-state index contributed by atoms with van der Waals surface area (Å²) in [6, 6.07) is 47.7. The topological polar surface area (TPSA) is 48.8 Å². The van der Waals surface area contributed by atoms with Crippen LogP contribution >= 0.6 is 0 Å². The molecule has 2 bridgehead atoms. The van der Waals surface area contributed by atoms with Gasteiger partial charge < -0.3 is 8.98 Å². The first-order valence-electron chi connectivity index (χ1n) is 18.5. The van der Waals surface area contributed by atoms with Crippen molar-refractivity contribution in [2.24, 2.45) is 0 Å². The lowest BCUT2D eigenvalue weighted by molar-refractivity contribution is 0.666. The Kier molecular flexibility index (Phi) is 5.36. The molecule has 5 heterocycles. The highest BCUT2D eigenvalue weighted by atomic mass is 16.3. The summed E-state index contributed by atoms with van der Waals surface area (Å²) in [4.78, 5) is 11.0. The Bertz CT molecular complexity index is 3570. The fraction of sp³-hybridized carbons (Fsp3) is 0.0204. The maximum Gasteiger partial charge on any atom is 0.236 e. The van der Waals surface area contributed by atoms with Crippen LogP contribution in [-0.2, 0) is 0 Å². The number of benzene rings is 7. The van der Waals surface area contributed by atoms with Crippen LogP contribution in [0.5, 0.6) is 0 Å². The maximum absolute atomic E-state index is 6.62. The second-order valence-corrected chi connectivity index (χ2v) is 14.5. The summed E-state index contributed by atoms with van der Waals surface area (Å²) < 4.78 is 11.5. The molecule has 5 nitrogen and oxygen atoms in total. The van der Waals surface area contributed by atoms with E-state index in [0.29, 0.717) is 11.5 Å². The lowest BCUT2D eigenvalue weighted by Gasteiger charge is -2.23. The molecule has 0 radical (unpaired) electrons. The van der Waals surface area contributed by atoms with Gasteiger partial charge in [-0.25, -0.2) is 9.97 Å².